The summed E-state index contributed by atoms with van der Waals surface area (Å²) in [5.74, 6) is -0.000640. The van der Waals surface area contributed by atoms with Gasteiger partial charge in [-0.1, -0.05) is 28.1 Å². The van der Waals surface area contributed by atoms with Crippen LogP contribution >= 0.6 is 28.1 Å². The molecule has 1 unspecified atom stereocenters. The van der Waals surface area contributed by atoms with Crippen molar-refractivity contribution in [1.29, 1.82) is 0 Å². The Morgan fingerprint density at radius 1 is 1.53 bits per heavy atom. The number of amides is 1. The lowest BCUT2D eigenvalue weighted by Crippen LogP contribution is -2.39. The van der Waals surface area contributed by atoms with Crippen molar-refractivity contribution in [3.8, 4) is 0 Å². The number of rotatable bonds is 5. The minimum atomic E-state index is -0.324. The van der Waals surface area contributed by atoms with E-state index in [1.165, 1.54) is 0 Å². The Morgan fingerprint density at radius 3 is 2.79 bits per heavy atom. The summed E-state index contributed by atoms with van der Waals surface area (Å²) >= 11 is 8.40. The number of benzene rings is 1. The van der Waals surface area contributed by atoms with Crippen LogP contribution in [0.1, 0.15) is 25.3 Å². The zero-order valence-electron chi connectivity index (χ0n) is 10.6. The molecule has 19 heavy (non-hydrogen) atoms. The first-order chi connectivity index (χ1) is 8.97. The number of nitrogens with one attached hydrogen (secondary N) is 2. The molecule has 1 aromatic carbocycles. The summed E-state index contributed by atoms with van der Waals surface area (Å²) in [6.45, 7) is 1.82. The van der Waals surface area contributed by atoms with Crippen LogP contribution in [0.15, 0.2) is 22.7 Å². The normalized spacial score (nSPS) is 15.7. The molecule has 4 N–H and O–H groups in total. The number of carbonyl (C=O) groups excluding carboxylic acids is 1. The lowest BCUT2D eigenvalue weighted by Gasteiger charge is -2.17. The lowest BCUT2D eigenvalue weighted by atomic mass is 10.1. The lowest BCUT2D eigenvalue weighted by molar-refractivity contribution is -0.121. The summed E-state index contributed by atoms with van der Waals surface area (Å²) in [5, 5.41) is 6.11. The van der Waals surface area contributed by atoms with Gasteiger partial charge in [0.25, 0.3) is 0 Å². The van der Waals surface area contributed by atoms with Gasteiger partial charge < -0.3 is 16.4 Å². The molecule has 0 bridgehead atoms. The molecule has 0 spiro atoms. The van der Waals surface area contributed by atoms with E-state index in [1.807, 2.05) is 25.1 Å². The number of carbonyl (C=O) groups is 1. The third-order valence-corrected chi connectivity index (χ3v) is 3.65. The SMILES string of the molecule is CC(Nc1ccc(Br)cc1C(N)=S)C(=O)NC1CC1. The molecule has 1 amide bonds. The molecule has 1 saturated carbocycles. The highest BCUT2D eigenvalue weighted by Gasteiger charge is 2.25. The molecule has 1 aliphatic carbocycles. The van der Waals surface area contributed by atoms with Gasteiger partial charge in [-0.25, -0.2) is 0 Å². The Bertz CT molecular complexity index is 517. The molecular formula is C13H16BrN3OS. The first-order valence-corrected chi connectivity index (χ1v) is 7.34. The van der Waals surface area contributed by atoms with E-state index in [0.717, 1.165) is 28.6 Å². The fourth-order valence-corrected chi connectivity index (χ4v) is 2.23. The van der Waals surface area contributed by atoms with Gasteiger partial charge in [-0.3, -0.25) is 4.79 Å². The molecule has 102 valence electrons. The Kier molecular flexibility index (Phi) is 4.42. The largest absolute Gasteiger partial charge is 0.389 e. The zero-order chi connectivity index (χ0) is 14.0. The number of hydrogen-bond acceptors (Lipinski definition) is 3. The highest BCUT2D eigenvalue weighted by atomic mass is 79.9. The van der Waals surface area contributed by atoms with Crippen LogP contribution in [0.3, 0.4) is 0 Å². The summed E-state index contributed by atoms with van der Waals surface area (Å²) in [7, 11) is 0. The molecule has 2 rings (SSSR count). The molecule has 4 nitrogen and oxygen atoms in total. The minimum Gasteiger partial charge on any atom is -0.389 e. The van der Waals surface area contributed by atoms with Crippen LogP contribution in [-0.2, 0) is 4.79 Å². The average Bonchev–Trinajstić information content (AvgIpc) is 3.14. The monoisotopic (exact) mass is 341 g/mol. The first kappa shape index (κ1) is 14.3. The van der Waals surface area contributed by atoms with Crippen LogP contribution in [0, 0.1) is 0 Å². The molecule has 1 aromatic rings. The van der Waals surface area contributed by atoms with Gasteiger partial charge in [0.1, 0.15) is 11.0 Å². The molecule has 0 aliphatic heterocycles. The van der Waals surface area contributed by atoms with Gasteiger partial charge in [0, 0.05) is 21.8 Å². The number of halogens is 1. The topological polar surface area (TPSA) is 67.1 Å². The molecule has 1 aliphatic rings. The average molecular weight is 342 g/mol. The number of anilines is 1. The van der Waals surface area contributed by atoms with E-state index >= 15 is 0 Å². The predicted molar refractivity (Wildman–Crippen MR) is 84.3 cm³/mol. The first-order valence-electron chi connectivity index (χ1n) is 6.13. The second-order valence-electron chi connectivity index (χ2n) is 4.70. The van der Waals surface area contributed by atoms with Crippen LogP contribution in [0.2, 0.25) is 0 Å². The van der Waals surface area contributed by atoms with Crippen LogP contribution in [0.5, 0.6) is 0 Å². The van der Waals surface area contributed by atoms with E-state index in [2.05, 4.69) is 26.6 Å². The van der Waals surface area contributed by atoms with Crippen molar-refractivity contribution in [1.82, 2.24) is 5.32 Å². The molecule has 0 aromatic heterocycles. The fourth-order valence-electron chi connectivity index (χ4n) is 1.70. The van der Waals surface area contributed by atoms with Crippen molar-refractivity contribution in [2.45, 2.75) is 31.8 Å². The van der Waals surface area contributed by atoms with Crippen molar-refractivity contribution in [3.63, 3.8) is 0 Å². The number of nitrogens with two attached hydrogens (primary N) is 1. The van der Waals surface area contributed by atoms with E-state index in [4.69, 9.17) is 18.0 Å². The highest BCUT2D eigenvalue weighted by Crippen LogP contribution is 2.22. The van der Waals surface area contributed by atoms with Gasteiger partial charge in [-0.2, -0.15) is 0 Å². The van der Waals surface area contributed by atoms with Crippen molar-refractivity contribution in [2.24, 2.45) is 5.73 Å². The molecule has 1 atom stereocenters. The fraction of sp³-hybridized carbons (Fsp3) is 0.385. The Labute approximate surface area is 126 Å². The third-order valence-electron chi connectivity index (χ3n) is 2.94. The van der Waals surface area contributed by atoms with E-state index in [1.54, 1.807) is 0 Å². The molecule has 0 heterocycles. The minimum absolute atomic E-state index is 0.000640. The van der Waals surface area contributed by atoms with Crippen LogP contribution in [-0.4, -0.2) is 23.0 Å². The summed E-state index contributed by atoms with van der Waals surface area (Å²) in [6.07, 6.45) is 2.16. The Balaban J connectivity index is 2.08. The van der Waals surface area contributed by atoms with Gasteiger partial charge in [-0.15, -0.1) is 0 Å². The number of thiocarbonyl (C=S) groups is 1. The summed E-state index contributed by atoms with van der Waals surface area (Å²) in [6, 6.07) is 5.62. The van der Waals surface area contributed by atoms with E-state index < -0.39 is 0 Å². The molecule has 0 saturated heterocycles. The van der Waals surface area contributed by atoms with Crippen molar-refractivity contribution >= 4 is 44.7 Å². The van der Waals surface area contributed by atoms with E-state index in [-0.39, 0.29) is 11.9 Å². The standard InChI is InChI=1S/C13H16BrN3OS/c1-7(13(18)17-9-3-4-9)16-11-5-2-8(14)6-10(11)12(15)19/h2,5-7,9,16H,3-4H2,1H3,(H2,15,19)(H,17,18). The van der Waals surface area contributed by atoms with Gasteiger partial charge >= 0.3 is 0 Å². The van der Waals surface area contributed by atoms with Crippen molar-refractivity contribution < 1.29 is 4.79 Å². The maximum atomic E-state index is 11.9. The van der Waals surface area contributed by atoms with Gasteiger partial charge in [0.15, 0.2) is 0 Å². The molecule has 0 radical (unpaired) electrons. The van der Waals surface area contributed by atoms with Crippen LogP contribution in [0.25, 0.3) is 0 Å². The van der Waals surface area contributed by atoms with Gasteiger partial charge in [-0.05, 0) is 38.0 Å². The van der Waals surface area contributed by atoms with Crippen molar-refractivity contribution in [2.75, 3.05) is 5.32 Å². The molecular weight excluding hydrogens is 326 g/mol. The molecule has 1 fully saturated rings. The quantitative estimate of drug-likeness (QED) is 0.718. The molecule has 6 heteroatoms. The zero-order valence-corrected chi connectivity index (χ0v) is 13.0. The van der Waals surface area contributed by atoms with E-state index in [0.29, 0.717) is 11.0 Å². The maximum absolute atomic E-state index is 11.9. The van der Waals surface area contributed by atoms with E-state index in [9.17, 15) is 4.79 Å². The summed E-state index contributed by atoms with van der Waals surface area (Å²) in [4.78, 5) is 12.2. The Hall–Kier alpha value is -1.14. The van der Waals surface area contributed by atoms with Crippen molar-refractivity contribution in [3.05, 3.63) is 28.2 Å². The predicted octanol–water partition coefficient (Wildman–Crippen LogP) is 2.16. The van der Waals surface area contributed by atoms with Gasteiger partial charge in [0.05, 0.1) is 0 Å². The van der Waals surface area contributed by atoms with Crippen LogP contribution < -0.4 is 16.4 Å². The smallest absolute Gasteiger partial charge is 0.242 e. The van der Waals surface area contributed by atoms with Crippen LogP contribution in [0.4, 0.5) is 5.69 Å². The third kappa shape index (κ3) is 3.91. The van der Waals surface area contributed by atoms with Gasteiger partial charge in [0.2, 0.25) is 5.91 Å². The second kappa shape index (κ2) is 5.88. The maximum Gasteiger partial charge on any atom is 0.242 e. The summed E-state index contributed by atoms with van der Waals surface area (Å²) in [5.41, 5.74) is 7.20. The number of hydrogen-bond donors (Lipinski definition) is 3. The Morgan fingerprint density at radius 2 is 2.21 bits per heavy atom. The summed E-state index contributed by atoms with van der Waals surface area (Å²) < 4.78 is 0.899. The highest BCUT2D eigenvalue weighted by molar-refractivity contribution is 9.10. The second-order valence-corrected chi connectivity index (χ2v) is 6.06.